The third-order valence-electron chi connectivity index (χ3n) is 2.84. The van der Waals surface area contributed by atoms with Gasteiger partial charge in [-0.15, -0.1) is 0 Å². The molecule has 0 atom stereocenters. The van der Waals surface area contributed by atoms with Crippen molar-refractivity contribution in [3.05, 3.63) is 65.1 Å². The van der Waals surface area contributed by atoms with E-state index in [0.29, 0.717) is 11.0 Å². The van der Waals surface area contributed by atoms with Gasteiger partial charge in [-0.1, -0.05) is 24.8 Å². The first-order chi connectivity index (χ1) is 8.79. The van der Waals surface area contributed by atoms with E-state index in [4.69, 9.17) is 0 Å². The minimum Gasteiger partial charge on any atom is -0.267 e. The van der Waals surface area contributed by atoms with E-state index >= 15 is 0 Å². The number of fused-ring (bicyclic) bond motifs is 1. The molecule has 0 bridgehead atoms. The largest absolute Gasteiger partial charge is 0.273 e. The molecule has 1 aromatic carbocycles. The number of hydrogen-bond donors (Lipinski definition) is 1. The molecule has 0 saturated heterocycles. The maximum atomic E-state index is 11.8. The van der Waals surface area contributed by atoms with Crippen molar-refractivity contribution < 1.29 is 0 Å². The quantitative estimate of drug-likeness (QED) is 0.743. The molecule has 4 heteroatoms. The average molecular weight is 237 g/mol. The minimum absolute atomic E-state index is 0.133. The fourth-order valence-electron chi connectivity index (χ4n) is 1.91. The van der Waals surface area contributed by atoms with Gasteiger partial charge in [0.1, 0.15) is 0 Å². The molecule has 0 saturated carbocycles. The zero-order chi connectivity index (χ0) is 12.5. The van der Waals surface area contributed by atoms with E-state index in [1.807, 2.05) is 24.3 Å². The van der Waals surface area contributed by atoms with Crippen molar-refractivity contribution >= 4 is 17.1 Å². The summed E-state index contributed by atoms with van der Waals surface area (Å²) in [6.07, 6.45) is 3.45. The molecule has 88 valence electrons. The average Bonchev–Trinajstić information content (AvgIpc) is 2.77. The number of nitrogens with zero attached hydrogens (tertiary/aromatic N) is 2. The van der Waals surface area contributed by atoms with Crippen LogP contribution in [0.4, 0.5) is 0 Å². The molecule has 0 amide bonds. The molecule has 2 aromatic heterocycles. The van der Waals surface area contributed by atoms with Crippen LogP contribution in [0.1, 0.15) is 5.56 Å². The lowest BCUT2D eigenvalue weighted by molar-refractivity contribution is 0.879. The zero-order valence-corrected chi connectivity index (χ0v) is 9.63. The van der Waals surface area contributed by atoms with Crippen molar-refractivity contribution in [3.8, 4) is 5.69 Å². The van der Waals surface area contributed by atoms with Gasteiger partial charge in [0.15, 0.2) is 5.65 Å². The lowest BCUT2D eigenvalue weighted by Gasteiger charge is -2.03. The lowest BCUT2D eigenvalue weighted by Crippen LogP contribution is -2.03. The predicted molar refractivity (Wildman–Crippen MR) is 71.8 cm³/mol. The van der Waals surface area contributed by atoms with E-state index in [2.05, 4.69) is 16.7 Å². The molecule has 18 heavy (non-hydrogen) atoms. The van der Waals surface area contributed by atoms with Gasteiger partial charge < -0.3 is 0 Å². The van der Waals surface area contributed by atoms with Gasteiger partial charge >= 0.3 is 0 Å². The van der Waals surface area contributed by atoms with Crippen LogP contribution < -0.4 is 5.56 Å². The second-order valence-corrected chi connectivity index (χ2v) is 3.95. The highest BCUT2D eigenvalue weighted by atomic mass is 16.1. The highest BCUT2D eigenvalue weighted by Crippen LogP contribution is 2.14. The van der Waals surface area contributed by atoms with E-state index in [1.54, 1.807) is 29.1 Å². The molecule has 0 unspecified atom stereocenters. The highest BCUT2D eigenvalue weighted by Gasteiger charge is 2.07. The van der Waals surface area contributed by atoms with Crippen molar-refractivity contribution in [2.45, 2.75) is 0 Å². The zero-order valence-electron chi connectivity index (χ0n) is 9.63. The molecule has 2 heterocycles. The fraction of sp³-hybridized carbons (Fsp3) is 0. The van der Waals surface area contributed by atoms with Gasteiger partial charge in [-0.2, -0.15) is 0 Å². The minimum atomic E-state index is -0.133. The Morgan fingerprint density at radius 1 is 1.22 bits per heavy atom. The predicted octanol–water partition coefficient (Wildman–Crippen LogP) is 2.36. The summed E-state index contributed by atoms with van der Waals surface area (Å²) in [5, 5.41) is 3.37. The molecule has 0 radical (unpaired) electrons. The van der Waals surface area contributed by atoms with Crippen LogP contribution in [0.25, 0.3) is 22.8 Å². The van der Waals surface area contributed by atoms with Crippen molar-refractivity contribution in [2.75, 3.05) is 0 Å². The summed E-state index contributed by atoms with van der Waals surface area (Å²) >= 11 is 0. The molecular formula is C14H11N3O. The normalized spacial score (nSPS) is 10.7. The van der Waals surface area contributed by atoms with Crippen LogP contribution in [0.5, 0.6) is 0 Å². The van der Waals surface area contributed by atoms with E-state index in [-0.39, 0.29) is 5.56 Å². The second kappa shape index (κ2) is 4.00. The Morgan fingerprint density at radius 3 is 2.72 bits per heavy atom. The number of nitrogens with one attached hydrogen (secondary N) is 1. The molecule has 0 fully saturated rings. The topological polar surface area (TPSA) is 50.7 Å². The number of hydrogen-bond acceptors (Lipinski definition) is 2. The van der Waals surface area contributed by atoms with Crippen molar-refractivity contribution in [3.63, 3.8) is 0 Å². The van der Waals surface area contributed by atoms with Crippen LogP contribution in [-0.2, 0) is 0 Å². The molecule has 0 aliphatic carbocycles. The first-order valence-corrected chi connectivity index (χ1v) is 5.58. The molecule has 0 aliphatic heterocycles. The molecular weight excluding hydrogens is 226 g/mol. The number of H-pyrrole nitrogens is 1. The SMILES string of the molecule is C=Cc1ccc(-n2[nH]c(=O)c3cccnc32)cc1. The second-order valence-electron chi connectivity index (χ2n) is 3.95. The third-order valence-corrected chi connectivity index (χ3v) is 2.84. The molecule has 0 aliphatic rings. The Kier molecular flexibility index (Phi) is 2.34. The Hall–Kier alpha value is -2.62. The maximum absolute atomic E-state index is 11.8. The van der Waals surface area contributed by atoms with E-state index in [9.17, 15) is 4.79 Å². The smallest absolute Gasteiger partial charge is 0.267 e. The standard InChI is InChI=1S/C14H11N3O/c1-2-10-5-7-11(8-6-10)17-13-12(14(18)16-17)4-3-9-15-13/h2-9H,1H2,(H,16,18). The molecule has 3 aromatic rings. The number of aromatic nitrogens is 3. The summed E-state index contributed by atoms with van der Waals surface area (Å²) < 4.78 is 1.69. The summed E-state index contributed by atoms with van der Waals surface area (Å²) in [7, 11) is 0. The molecule has 3 rings (SSSR count). The van der Waals surface area contributed by atoms with Gasteiger partial charge in [0.25, 0.3) is 5.56 Å². The van der Waals surface area contributed by atoms with Crippen LogP contribution in [0.3, 0.4) is 0 Å². The van der Waals surface area contributed by atoms with Crippen LogP contribution in [0, 0.1) is 0 Å². The van der Waals surface area contributed by atoms with E-state index in [1.165, 1.54) is 0 Å². The Bertz CT molecular complexity index is 766. The van der Waals surface area contributed by atoms with Crippen LogP contribution in [-0.4, -0.2) is 14.8 Å². The van der Waals surface area contributed by atoms with Gasteiger partial charge in [0, 0.05) is 6.20 Å². The highest BCUT2D eigenvalue weighted by molar-refractivity contribution is 5.75. The number of pyridine rings is 1. The van der Waals surface area contributed by atoms with Gasteiger partial charge in [-0.3, -0.25) is 9.89 Å². The monoisotopic (exact) mass is 237 g/mol. The van der Waals surface area contributed by atoms with E-state index in [0.717, 1.165) is 11.3 Å². The third kappa shape index (κ3) is 1.55. The van der Waals surface area contributed by atoms with Crippen LogP contribution in [0.15, 0.2) is 54.0 Å². The van der Waals surface area contributed by atoms with E-state index < -0.39 is 0 Å². The van der Waals surface area contributed by atoms with Gasteiger partial charge in [-0.05, 0) is 29.8 Å². The van der Waals surface area contributed by atoms with Crippen molar-refractivity contribution in [2.24, 2.45) is 0 Å². The summed E-state index contributed by atoms with van der Waals surface area (Å²) in [4.78, 5) is 16.0. The number of aromatic amines is 1. The fourth-order valence-corrected chi connectivity index (χ4v) is 1.91. The molecule has 1 N–H and O–H groups in total. The van der Waals surface area contributed by atoms with Crippen LogP contribution in [0.2, 0.25) is 0 Å². The Balaban J connectivity index is 2.24. The maximum Gasteiger partial charge on any atom is 0.273 e. The summed E-state index contributed by atoms with van der Waals surface area (Å²) in [5.41, 5.74) is 2.40. The first-order valence-electron chi connectivity index (χ1n) is 5.58. The molecule has 0 spiro atoms. The number of benzene rings is 1. The van der Waals surface area contributed by atoms with Crippen molar-refractivity contribution in [1.82, 2.24) is 14.8 Å². The van der Waals surface area contributed by atoms with Crippen LogP contribution >= 0.6 is 0 Å². The first kappa shape index (κ1) is 10.5. The van der Waals surface area contributed by atoms with Crippen molar-refractivity contribution in [1.29, 1.82) is 0 Å². The summed E-state index contributed by atoms with van der Waals surface area (Å²) in [6.45, 7) is 3.71. The summed E-state index contributed by atoms with van der Waals surface area (Å²) in [6, 6.07) is 11.2. The Morgan fingerprint density at radius 2 is 2.00 bits per heavy atom. The van der Waals surface area contributed by atoms with Gasteiger partial charge in [-0.25, -0.2) is 9.67 Å². The Labute approximate surface area is 103 Å². The summed E-state index contributed by atoms with van der Waals surface area (Å²) in [5.74, 6) is 0. The lowest BCUT2D eigenvalue weighted by atomic mass is 10.2. The van der Waals surface area contributed by atoms with Gasteiger partial charge in [0.05, 0.1) is 11.1 Å². The molecule has 4 nitrogen and oxygen atoms in total. The van der Waals surface area contributed by atoms with Gasteiger partial charge in [0.2, 0.25) is 0 Å². The number of rotatable bonds is 2.